The average molecular weight is 288 g/mol. The fourth-order valence-electron chi connectivity index (χ4n) is 1.14. The van der Waals surface area contributed by atoms with Crippen LogP contribution in [0.3, 0.4) is 0 Å². The molecule has 0 amide bonds. The Morgan fingerprint density at radius 2 is 2.47 bits per heavy atom. The Kier molecular flexibility index (Phi) is 3.18. The van der Waals surface area contributed by atoms with Crippen molar-refractivity contribution in [2.45, 2.75) is 19.4 Å². The Bertz CT molecular complexity index is 452. The summed E-state index contributed by atoms with van der Waals surface area (Å²) in [5, 5.41) is 5.88. The third-order valence-corrected chi connectivity index (χ3v) is 3.44. The first kappa shape index (κ1) is 10.8. The Balaban J connectivity index is 2.20. The third-order valence-electron chi connectivity index (χ3n) is 1.75. The molecule has 2 heterocycles. The van der Waals surface area contributed by atoms with Crippen molar-refractivity contribution in [3.05, 3.63) is 21.8 Å². The van der Waals surface area contributed by atoms with E-state index in [0.29, 0.717) is 18.1 Å². The van der Waals surface area contributed by atoms with Gasteiger partial charge in [0.25, 0.3) is 0 Å². The van der Waals surface area contributed by atoms with Crippen LogP contribution in [0.1, 0.15) is 12.8 Å². The molecule has 0 aliphatic carbocycles. The zero-order valence-electron chi connectivity index (χ0n) is 8.11. The molecular formula is C9H10BrN3OS. The number of rotatable bonds is 3. The van der Waals surface area contributed by atoms with Crippen LogP contribution in [0.5, 0.6) is 0 Å². The first-order valence-corrected chi connectivity index (χ1v) is 6.15. The molecule has 0 saturated carbocycles. The second kappa shape index (κ2) is 4.42. The van der Waals surface area contributed by atoms with E-state index in [0.717, 1.165) is 9.35 Å². The van der Waals surface area contributed by atoms with Gasteiger partial charge >= 0.3 is 0 Å². The molecule has 2 N–H and O–H groups in total. The third kappa shape index (κ3) is 2.64. The number of nitrogens with two attached hydrogens (primary N) is 1. The number of hydrogen-bond acceptors (Lipinski definition) is 5. The van der Waals surface area contributed by atoms with Gasteiger partial charge in [-0.3, -0.25) is 0 Å². The summed E-state index contributed by atoms with van der Waals surface area (Å²) in [5.41, 5.74) is 5.64. The first-order valence-electron chi connectivity index (χ1n) is 4.47. The van der Waals surface area contributed by atoms with Crippen LogP contribution in [-0.2, 0) is 6.42 Å². The minimum Gasteiger partial charge on any atom is -0.339 e. The largest absolute Gasteiger partial charge is 0.339 e. The van der Waals surface area contributed by atoms with Crippen molar-refractivity contribution in [3.8, 4) is 10.7 Å². The van der Waals surface area contributed by atoms with E-state index >= 15 is 0 Å². The number of halogens is 1. The lowest BCUT2D eigenvalue weighted by atomic mass is 10.2. The molecule has 2 aromatic rings. The Morgan fingerprint density at radius 1 is 1.67 bits per heavy atom. The van der Waals surface area contributed by atoms with Crippen LogP contribution in [0.2, 0.25) is 0 Å². The van der Waals surface area contributed by atoms with Gasteiger partial charge in [0.05, 0.1) is 4.88 Å². The van der Waals surface area contributed by atoms with Crippen LogP contribution in [0.4, 0.5) is 0 Å². The summed E-state index contributed by atoms with van der Waals surface area (Å²) >= 11 is 4.95. The maximum Gasteiger partial charge on any atom is 0.228 e. The predicted molar refractivity (Wildman–Crippen MR) is 62.7 cm³/mol. The van der Waals surface area contributed by atoms with Crippen molar-refractivity contribution in [2.75, 3.05) is 0 Å². The van der Waals surface area contributed by atoms with Gasteiger partial charge in [0.15, 0.2) is 0 Å². The normalized spacial score (nSPS) is 13.0. The van der Waals surface area contributed by atoms with Crippen molar-refractivity contribution >= 4 is 27.3 Å². The van der Waals surface area contributed by atoms with Gasteiger partial charge in [0.2, 0.25) is 11.7 Å². The minimum atomic E-state index is 0.0355. The standard InChI is InChI=1S/C9H10BrN3OS/c1-5(11)2-8-12-9(13-14-8)7-3-6(10)4-15-7/h3-5H,2,11H2,1H3. The molecule has 80 valence electrons. The summed E-state index contributed by atoms with van der Waals surface area (Å²) in [6.07, 6.45) is 0.611. The van der Waals surface area contributed by atoms with Crippen LogP contribution in [0.15, 0.2) is 20.4 Å². The van der Waals surface area contributed by atoms with E-state index < -0.39 is 0 Å². The first-order chi connectivity index (χ1) is 7.15. The maximum absolute atomic E-state index is 5.64. The molecule has 0 fully saturated rings. The molecule has 0 saturated heterocycles. The molecule has 0 aliphatic heterocycles. The van der Waals surface area contributed by atoms with Gasteiger partial charge in [-0.25, -0.2) is 0 Å². The molecule has 1 atom stereocenters. The molecule has 1 unspecified atom stereocenters. The second-order valence-corrected chi connectivity index (χ2v) is 5.15. The lowest BCUT2D eigenvalue weighted by Crippen LogP contribution is -2.17. The van der Waals surface area contributed by atoms with Crippen LogP contribution < -0.4 is 5.73 Å². The highest BCUT2D eigenvalue weighted by atomic mass is 79.9. The van der Waals surface area contributed by atoms with Crippen LogP contribution in [0, 0.1) is 0 Å². The van der Waals surface area contributed by atoms with Crippen LogP contribution in [0.25, 0.3) is 10.7 Å². The van der Waals surface area contributed by atoms with Crippen molar-refractivity contribution in [1.29, 1.82) is 0 Å². The van der Waals surface area contributed by atoms with E-state index in [1.165, 1.54) is 0 Å². The summed E-state index contributed by atoms with van der Waals surface area (Å²) in [4.78, 5) is 5.25. The summed E-state index contributed by atoms with van der Waals surface area (Å²) in [6.45, 7) is 1.91. The predicted octanol–water partition coefficient (Wildman–Crippen LogP) is 2.45. The lowest BCUT2D eigenvalue weighted by Gasteiger charge is -1.96. The van der Waals surface area contributed by atoms with Crippen molar-refractivity contribution in [3.63, 3.8) is 0 Å². The van der Waals surface area contributed by atoms with Gasteiger partial charge in [-0.1, -0.05) is 5.16 Å². The fraction of sp³-hybridized carbons (Fsp3) is 0.333. The molecule has 0 aromatic carbocycles. The lowest BCUT2D eigenvalue weighted by molar-refractivity contribution is 0.372. The Labute approximate surface area is 99.6 Å². The van der Waals surface area contributed by atoms with Crippen LogP contribution in [-0.4, -0.2) is 16.2 Å². The second-order valence-electron chi connectivity index (χ2n) is 3.32. The Hall–Kier alpha value is -0.720. The van der Waals surface area contributed by atoms with E-state index in [4.69, 9.17) is 10.3 Å². The van der Waals surface area contributed by atoms with Gasteiger partial charge in [0.1, 0.15) is 0 Å². The van der Waals surface area contributed by atoms with Crippen molar-refractivity contribution in [2.24, 2.45) is 5.73 Å². The summed E-state index contributed by atoms with van der Waals surface area (Å²) < 4.78 is 6.12. The number of thiophene rings is 1. The van der Waals surface area contributed by atoms with Gasteiger partial charge in [-0.2, -0.15) is 4.98 Å². The molecule has 2 aromatic heterocycles. The van der Waals surface area contributed by atoms with Gasteiger partial charge in [-0.05, 0) is 28.9 Å². The van der Waals surface area contributed by atoms with E-state index in [1.807, 2.05) is 18.4 Å². The molecular weight excluding hydrogens is 278 g/mol. The number of aromatic nitrogens is 2. The summed E-state index contributed by atoms with van der Waals surface area (Å²) in [7, 11) is 0. The van der Waals surface area contributed by atoms with E-state index in [2.05, 4.69) is 26.1 Å². The quantitative estimate of drug-likeness (QED) is 0.942. The minimum absolute atomic E-state index is 0.0355. The van der Waals surface area contributed by atoms with Crippen LogP contribution >= 0.6 is 27.3 Å². The summed E-state index contributed by atoms with van der Waals surface area (Å²) in [6, 6.07) is 2.00. The van der Waals surface area contributed by atoms with Crippen molar-refractivity contribution < 1.29 is 4.52 Å². The van der Waals surface area contributed by atoms with Crippen molar-refractivity contribution in [1.82, 2.24) is 10.1 Å². The van der Waals surface area contributed by atoms with Gasteiger partial charge < -0.3 is 10.3 Å². The molecule has 0 radical (unpaired) electrons. The molecule has 15 heavy (non-hydrogen) atoms. The molecule has 2 rings (SSSR count). The van der Waals surface area contributed by atoms with E-state index in [-0.39, 0.29) is 6.04 Å². The molecule has 6 heteroatoms. The highest BCUT2D eigenvalue weighted by Gasteiger charge is 2.11. The summed E-state index contributed by atoms with van der Waals surface area (Å²) in [5.74, 6) is 1.21. The molecule has 0 bridgehead atoms. The van der Waals surface area contributed by atoms with Gasteiger partial charge in [0, 0.05) is 22.3 Å². The van der Waals surface area contributed by atoms with E-state index in [1.54, 1.807) is 11.3 Å². The number of hydrogen-bond donors (Lipinski definition) is 1. The molecule has 0 aliphatic rings. The van der Waals surface area contributed by atoms with Gasteiger partial charge in [-0.15, -0.1) is 11.3 Å². The topological polar surface area (TPSA) is 64.9 Å². The monoisotopic (exact) mass is 287 g/mol. The smallest absolute Gasteiger partial charge is 0.228 e. The molecule has 0 spiro atoms. The van der Waals surface area contributed by atoms with E-state index in [9.17, 15) is 0 Å². The molecule has 4 nitrogen and oxygen atoms in total. The maximum atomic E-state index is 5.64. The fourth-order valence-corrected chi connectivity index (χ4v) is 2.50. The average Bonchev–Trinajstić information content (AvgIpc) is 2.72. The highest BCUT2D eigenvalue weighted by Crippen LogP contribution is 2.27. The number of nitrogens with zero attached hydrogens (tertiary/aromatic N) is 2. The zero-order chi connectivity index (χ0) is 10.8. The highest BCUT2D eigenvalue weighted by molar-refractivity contribution is 9.10. The Morgan fingerprint density at radius 3 is 3.07 bits per heavy atom. The SMILES string of the molecule is CC(N)Cc1nc(-c2cc(Br)cs2)no1. The zero-order valence-corrected chi connectivity index (χ0v) is 10.5.